The number of hydrogen-bond donors (Lipinski definition) is 3. The molecule has 0 spiro atoms. The number of nitrogens with one attached hydrogen (secondary N) is 2. The fourth-order valence-corrected chi connectivity index (χ4v) is 3.15. The van der Waals surface area contributed by atoms with E-state index in [2.05, 4.69) is 10.6 Å². The van der Waals surface area contributed by atoms with Crippen LogP contribution in [0, 0.1) is 11.6 Å². The third-order valence-corrected chi connectivity index (χ3v) is 4.45. The molecule has 1 saturated heterocycles. The highest BCUT2D eigenvalue weighted by Gasteiger charge is 2.28. The van der Waals surface area contributed by atoms with Gasteiger partial charge >= 0.3 is 0 Å². The van der Waals surface area contributed by atoms with Crippen molar-refractivity contribution in [3.63, 3.8) is 0 Å². The molecule has 6 nitrogen and oxygen atoms in total. The Morgan fingerprint density at radius 1 is 1.22 bits per heavy atom. The lowest BCUT2D eigenvalue weighted by atomic mass is 10.0. The van der Waals surface area contributed by atoms with Crippen molar-refractivity contribution in [3.8, 4) is 0 Å². The number of nitrogens with zero attached hydrogens (tertiary/aromatic N) is 1. The summed E-state index contributed by atoms with van der Waals surface area (Å²) in [5.74, 6) is -1.94. The topological polar surface area (TPSA) is 87.5 Å². The summed E-state index contributed by atoms with van der Waals surface area (Å²) in [6.07, 6.45) is 0. The predicted molar refractivity (Wildman–Crippen MR) is 97.1 cm³/mol. The van der Waals surface area contributed by atoms with Gasteiger partial charge < -0.3 is 16.4 Å². The van der Waals surface area contributed by atoms with Crippen LogP contribution < -0.4 is 16.4 Å². The molecule has 1 aliphatic rings. The van der Waals surface area contributed by atoms with E-state index in [1.165, 1.54) is 6.07 Å². The maximum Gasteiger partial charge on any atom is 0.248 e. The van der Waals surface area contributed by atoms with Crippen molar-refractivity contribution in [1.29, 1.82) is 0 Å². The first-order valence-electron chi connectivity index (χ1n) is 8.53. The molecule has 0 aromatic heterocycles. The molecule has 142 valence electrons. The zero-order valence-electron chi connectivity index (χ0n) is 14.5. The number of carbonyl (C=O) groups is 2. The summed E-state index contributed by atoms with van der Waals surface area (Å²) < 4.78 is 27.7. The largest absolute Gasteiger partial charge is 0.366 e. The Morgan fingerprint density at radius 3 is 2.81 bits per heavy atom. The SMILES string of the molecule is NC(=O)c1cccc(NC(=O)CN2CCNCC2c2cc(F)ccc2F)c1. The first kappa shape index (κ1) is 18.9. The fourth-order valence-electron chi connectivity index (χ4n) is 3.15. The van der Waals surface area contributed by atoms with Crippen molar-refractivity contribution in [2.75, 3.05) is 31.5 Å². The van der Waals surface area contributed by atoms with Crippen LogP contribution in [0.15, 0.2) is 42.5 Å². The number of hydrogen-bond acceptors (Lipinski definition) is 4. The van der Waals surface area contributed by atoms with E-state index in [9.17, 15) is 18.4 Å². The van der Waals surface area contributed by atoms with Gasteiger partial charge in [0.2, 0.25) is 11.8 Å². The van der Waals surface area contributed by atoms with Crippen LogP contribution in [0.4, 0.5) is 14.5 Å². The molecule has 27 heavy (non-hydrogen) atoms. The summed E-state index contributed by atoms with van der Waals surface area (Å²) in [6.45, 7) is 1.56. The normalized spacial score (nSPS) is 17.5. The molecule has 1 fully saturated rings. The van der Waals surface area contributed by atoms with Gasteiger partial charge in [0.1, 0.15) is 11.6 Å². The lowest BCUT2D eigenvalue weighted by Gasteiger charge is -2.36. The Hall–Kier alpha value is -2.84. The second-order valence-electron chi connectivity index (χ2n) is 6.35. The van der Waals surface area contributed by atoms with E-state index >= 15 is 0 Å². The van der Waals surface area contributed by atoms with Crippen LogP contribution in [-0.2, 0) is 4.79 Å². The molecule has 1 heterocycles. The van der Waals surface area contributed by atoms with Crippen molar-refractivity contribution >= 4 is 17.5 Å². The highest BCUT2D eigenvalue weighted by molar-refractivity contribution is 5.96. The number of amides is 2. The molecule has 1 atom stereocenters. The summed E-state index contributed by atoms with van der Waals surface area (Å²) in [5.41, 5.74) is 6.18. The van der Waals surface area contributed by atoms with E-state index in [4.69, 9.17) is 5.73 Å². The number of nitrogens with two attached hydrogens (primary N) is 1. The van der Waals surface area contributed by atoms with Crippen LogP contribution in [0.3, 0.4) is 0 Å². The number of halogens is 2. The van der Waals surface area contributed by atoms with Crippen LogP contribution in [0.25, 0.3) is 0 Å². The zero-order chi connectivity index (χ0) is 19.4. The van der Waals surface area contributed by atoms with Crippen molar-refractivity contribution in [2.24, 2.45) is 5.73 Å². The monoisotopic (exact) mass is 374 g/mol. The van der Waals surface area contributed by atoms with Gasteiger partial charge in [0.15, 0.2) is 0 Å². The summed E-state index contributed by atoms with van der Waals surface area (Å²) in [7, 11) is 0. The van der Waals surface area contributed by atoms with Gasteiger partial charge in [-0.1, -0.05) is 6.07 Å². The third kappa shape index (κ3) is 4.66. The molecule has 3 rings (SSSR count). The Balaban J connectivity index is 1.72. The standard InChI is InChI=1S/C19H20F2N4O2/c20-13-4-5-16(21)15(9-13)17-10-23-6-7-25(17)11-18(26)24-14-3-1-2-12(8-14)19(22)27/h1-5,8-9,17,23H,6-7,10-11H2,(H2,22,27)(H,24,26). The minimum Gasteiger partial charge on any atom is -0.366 e. The van der Waals surface area contributed by atoms with Gasteiger partial charge in [-0.25, -0.2) is 8.78 Å². The molecule has 0 aliphatic carbocycles. The molecule has 0 saturated carbocycles. The van der Waals surface area contributed by atoms with E-state index < -0.39 is 23.6 Å². The molecule has 1 unspecified atom stereocenters. The zero-order valence-corrected chi connectivity index (χ0v) is 14.5. The first-order valence-corrected chi connectivity index (χ1v) is 8.53. The Labute approximate surface area is 155 Å². The van der Waals surface area contributed by atoms with Crippen molar-refractivity contribution in [3.05, 3.63) is 65.2 Å². The third-order valence-electron chi connectivity index (χ3n) is 4.45. The van der Waals surface area contributed by atoms with E-state index in [1.807, 2.05) is 0 Å². The lowest BCUT2D eigenvalue weighted by molar-refractivity contribution is -0.118. The number of carbonyl (C=O) groups excluding carboxylic acids is 2. The van der Waals surface area contributed by atoms with Gasteiger partial charge in [-0.15, -0.1) is 0 Å². The number of rotatable bonds is 5. The van der Waals surface area contributed by atoms with Crippen molar-refractivity contribution in [1.82, 2.24) is 10.2 Å². The molecule has 2 aromatic rings. The minimum atomic E-state index is -0.588. The predicted octanol–water partition coefficient (Wildman–Crippen LogP) is 1.65. The van der Waals surface area contributed by atoms with Crippen molar-refractivity contribution in [2.45, 2.75) is 6.04 Å². The highest BCUT2D eigenvalue weighted by atomic mass is 19.1. The average molecular weight is 374 g/mol. The maximum absolute atomic E-state index is 14.2. The van der Waals surface area contributed by atoms with E-state index in [1.54, 1.807) is 23.1 Å². The smallest absolute Gasteiger partial charge is 0.248 e. The second kappa shape index (κ2) is 8.24. The van der Waals surface area contributed by atoms with Gasteiger partial charge in [0.25, 0.3) is 0 Å². The van der Waals surface area contributed by atoms with E-state index in [0.29, 0.717) is 25.3 Å². The Bertz CT molecular complexity index is 859. The van der Waals surface area contributed by atoms with Gasteiger partial charge in [-0.05, 0) is 36.4 Å². The molecular weight excluding hydrogens is 354 g/mol. The molecular formula is C19H20F2N4O2. The number of piperazine rings is 1. The van der Waals surface area contributed by atoms with Crippen LogP contribution in [-0.4, -0.2) is 42.9 Å². The van der Waals surface area contributed by atoms with E-state index in [0.717, 1.165) is 18.2 Å². The van der Waals surface area contributed by atoms with Crippen LogP contribution in [0.5, 0.6) is 0 Å². The average Bonchev–Trinajstić information content (AvgIpc) is 2.64. The van der Waals surface area contributed by atoms with Crippen molar-refractivity contribution < 1.29 is 18.4 Å². The second-order valence-corrected chi connectivity index (χ2v) is 6.35. The molecule has 2 aromatic carbocycles. The van der Waals surface area contributed by atoms with Gasteiger partial charge in [0.05, 0.1) is 12.6 Å². The molecule has 4 N–H and O–H groups in total. The highest BCUT2D eigenvalue weighted by Crippen LogP contribution is 2.25. The number of benzene rings is 2. The first-order chi connectivity index (χ1) is 12.9. The molecule has 8 heteroatoms. The summed E-state index contributed by atoms with van der Waals surface area (Å²) in [4.78, 5) is 25.5. The molecule has 1 aliphatic heterocycles. The van der Waals surface area contributed by atoms with Gasteiger partial charge in [-0.3, -0.25) is 14.5 Å². The van der Waals surface area contributed by atoms with Crippen LogP contribution >= 0.6 is 0 Å². The van der Waals surface area contributed by atoms with Gasteiger partial charge in [0, 0.05) is 36.4 Å². The van der Waals surface area contributed by atoms with Crippen LogP contribution in [0.2, 0.25) is 0 Å². The van der Waals surface area contributed by atoms with Gasteiger partial charge in [-0.2, -0.15) is 0 Å². The maximum atomic E-state index is 14.2. The summed E-state index contributed by atoms with van der Waals surface area (Å²) in [5, 5.41) is 5.84. The van der Waals surface area contributed by atoms with E-state index in [-0.39, 0.29) is 23.6 Å². The van der Waals surface area contributed by atoms with Crippen LogP contribution in [0.1, 0.15) is 22.0 Å². The summed E-state index contributed by atoms with van der Waals surface area (Å²) in [6, 6.07) is 9.16. The fraction of sp³-hybridized carbons (Fsp3) is 0.263. The molecule has 2 amide bonds. The quantitative estimate of drug-likeness (QED) is 0.743. The molecule has 0 bridgehead atoms. The Morgan fingerprint density at radius 2 is 2.04 bits per heavy atom. The summed E-state index contributed by atoms with van der Waals surface area (Å²) >= 11 is 0. The lowest BCUT2D eigenvalue weighted by Crippen LogP contribution is -2.48. The molecule has 0 radical (unpaired) electrons. The number of primary amides is 1. The minimum absolute atomic E-state index is 0.00307. The number of anilines is 1. The Kier molecular flexibility index (Phi) is 5.78.